The van der Waals surface area contributed by atoms with Gasteiger partial charge in [0.1, 0.15) is 17.5 Å². The Bertz CT molecular complexity index is 1040. The van der Waals surface area contributed by atoms with Gasteiger partial charge in [0.15, 0.2) is 5.65 Å². The number of rotatable bonds is 5. The Morgan fingerprint density at radius 3 is 2.74 bits per heavy atom. The summed E-state index contributed by atoms with van der Waals surface area (Å²) in [7, 11) is 0. The summed E-state index contributed by atoms with van der Waals surface area (Å²) in [6.07, 6.45) is 4.09. The van der Waals surface area contributed by atoms with Crippen molar-refractivity contribution in [2.45, 2.75) is 33.6 Å². The van der Waals surface area contributed by atoms with Gasteiger partial charge in [0.2, 0.25) is 5.91 Å². The Labute approximate surface area is 165 Å². The van der Waals surface area contributed by atoms with Gasteiger partial charge in [-0.25, -0.2) is 14.5 Å². The van der Waals surface area contributed by atoms with Crippen LogP contribution in [-0.2, 0) is 11.2 Å². The maximum atomic E-state index is 12.8. The van der Waals surface area contributed by atoms with Crippen LogP contribution in [0.4, 0.5) is 5.82 Å². The zero-order valence-corrected chi connectivity index (χ0v) is 17.0. The quantitative estimate of drug-likeness (QED) is 0.623. The highest BCUT2D eigenvalue weighted by atomic mass is 79.9. The summed E-state index contributed by atoms with van der Waals surface area (Å²) in [6, 6.07) is 5.79. The van der Waals surface area contributed by atoms with Crippen LogP contribution in [0.5, 0.6) is 0 Å². The molecule has 0 atom stereocenters. The average molecular weight is 427 g/mol. The zero-order chi connectivity index (χ0) is 19.6. The van der Waals surface area contributed by atoms with Crippen LogP contribution in [0.15, 0.2) is 29.0 Å². The van der Waals surface area contributed by atoms with Crippen LogP contribution in [0.1, 0.15) is 35.9 Å². The van der Waals surface area contributed by atoms with E-state index < -0.39 is 0 Å². The second kappa shape index (κ2) is 7.84. The van der Waals surface area contributed by atoms with Gasteiger partial charge in [-0.1, -0.05) is 0 Å². The van der Waals surface area contributed by atoms with Gasteiger partial charge in [0, 0.05) is 35.0 Å². The third-order valence-electron chi connectivity index (χ3n) is 4.52. The van der Waals surface area contributed by atoms with Crippen LogP contribution in [-0.4, -0.2) is 32.0 Å². The molecule has 7 nitrogen and oxygen atoms in total. The van der Waals surface area contributed by atoms with E-state index in [0.717, 1.165) is 21.4 Å². The molecule has 0 saturated heterocycles. The molecule has 0 radical (unpaired) electrons. The topological polar surface area (TPSA) is 87.2 Å². The molecule has 0 unspecified atom stereocenters. The Balaban J connectivity index is 1.82. The second-order valence-electron chi connectivity index (χ2n) is 6.14. The minimum Gasteiger partial charge on any atom is -0.297 e. The van der Waals surface area contributed by atoms with Gasteiger partial charge in [-0.2, -0.15) is 10.4 Å². The number of nitrogens with zero attached hydrogens (tertiary/aromatic N) is 6. The number of hydrogen-bond donors (Lipinski definition) is 0. The predicted molar refractivity (Wildman–Crippen MR) is 105 cm³/mol. The molecule has 0 aliphatic rings. The highest BCUT2D eigenvalue weighted by Gasteiger charge is 2.18. The summed E-state index contributed by atoms with van der Waals surface area (Å²) in [4.78, 5) is 23.3. The van der Waals surface area contributed by atoms with Crippen LogP contribution in [0.3, 0.4) is 0 Å². The Kier molecular flexibility index (Phi) is 5.51. The molecule has 138 valence electrons. The number of hydrogen-bond acceptors (Lipinski definition) is 5. The number of halogens is 1. The first-order valence-electron chi connectivity index (χ1n) is 8.62. The monoisotopic (exact) mass is 426 g/mol. The molecule has 3 aromatic rings. The van der Waals surface area contributed by atoms with Crippen molar-refractivity contribution in [1.82, 2.24) is 19.6 Å². The minimum absolute atomic E-state index is 0.00407. The molecule has 3 aromatic heterocycles. The molecule has 0 aliphatic carbocycles. The molecule has 0 spiro atoms. The highest BCUT2D eigenvalue weighted by molar-refractivity contribution is 9.10. The SMILES string of the molecule is CCN(C(=O)CCc1c(C)nc2c(C#N)cnn2c1C)c1ccc(Br)cn1. The number of carbonyl (C=O) groups is 1. The van der Waals surface area contributed by atoms with Crippen molar-refractivity contribution in [3.63, 3.8) is 0 Å². The first-order valence-corrected chi connectivity index (χ1v) is 9.41. The van der Waals surface area contributed by atoms with Gasteiger partial charge in [0.25, 0.3) is 0 Å². The van der Waals surface area contributed by atoms with Crippen molar-refractivity contribution in [3.05, 3.63) is 51.5 Å². The van der Waals surface area contributed by atoms with Gasteiger partial charge in [-0.3, -0.25) is 9.69 Å². The molecule has 3 heterocycles. The highest BCUT2D eigenvalue weighted by Crippen LogP contribution is 2.20. The fourth-order valence-electron chi connectivity index (χ4n) is 3.11. The van der Waals surface area contributed by atoms with Gasteiger partial charge in [0.05, 0.1) is 6.20 Å². The van der Waals surface area contributed by atoms with Gasteiger partial charge in [-0.05, 0) is 60.8 Å². The first-order chi connectivity index (χ1) is 13.0. The summed E-state index contributed by atoms with van der Waals surface area (Å²) >= 11 is 3.36. The molecule has 0 saturated carbocycles. The van der Waals surface area contributed by atoms with E-state index in [2.05, 4.69) is 37.1 Å². The van der Waals surface area contributed by atoms with Crippen molar-refractivity contribution >= 4 is 33.3 Å². The lowest BCUT2D eigenvalue weighted by Crippen LogP contribution is -2.31. The van der Waals surface area contributed by atoms with Crippen LogP contribution in [0.2, 0.25) is 0 Å². The van der Waals surface area contributed by atoms with Crippen molar-refractivity contribution in [2.24, 2.45) is 0 Å². The van der Waals surface area contributed by atoms with E-state index in [4.69, 9.17) is 5.26 Å². The van der Waals surface area contributed by atoms with Crippen molar-refractivity contribution < 1.29 is 4.79 Å². The Hall–Kier alpha value is -2.79. The Morgan fingerprint density at radius 2 is 2.11 bits per heavy atom. The lowest BCUT2D eigenvalue weighted by atomic mass is 10.1. The maximum absolute atomic E-state index is 12.8. The molecule has 0 fully saturated rings. The largest absolute Gasteiger partial charge is 0.297 e. The summed E-state index contributed by atoms with van der Waals surface area (Å²) in [5.41, 5.74) is 3.69. The van der Waals surface area contributed by atoms with E-state index in [0.29, 0.717) is 36.4 Å². The van der Waals surface area contributed by atoms with Crippen molar-refractivity contribution in [2.75, 3.05) is 11.4 Å². The fraction of sp³-hybridized carbons (Fsp3) is 0.316. The molecular weight excluding hydrogens is 408 g/mol. The number of carbonyl (C=O) groups excluding carboxylic acids is 1. The smallest absolute Gasteiger partial charge is 0.228 e. The zero-order valence-electron chi connectivity index (χ0n) is 15.4. The third-order valence-corrected chi connectivity index (χ3v) is 4.99. The van der Waals surface area contributed by atoms with Crippen LogP contribution >= 0.6 is 15.9 Å². The number of pyridine rings is 1. The van der Waals surface area contributed by atoms with E-state index in [1.54, 1.807) is 15.6 Å². The van der Waals surface area contributed by atoms with Gasteiger partial charge in [-0.15, -0.1) is 0 Å². The number of anilines is 1. The van der Waals surface area contributed by atoms with E-state index in [1.807, 2.05) is 32.9 Å². The first kappa shape index (κ1) is 19.0. The maximum Gasteiger partial charge on any atom is 0.228 e. The summed E-state index contributed by atoms with van der Waals surface area (Å²) in [5, 5.41) is 13.4. The van der Waals surface area contributed by atoms with Crippen molar-refractivity contribution in [3.8, 4) is 6.07 Å². The summed E-state index contributed by atoms with van der Waals surface area (Å²) in [6.45, 7) is 6.31. The van der Waals surface area contributed by atoms with E-state index in [1.165, 1.54) is 6.20 Å². The molecular formula is C19H19BrN6O. The van der Waals surface area contributed by atoms with E-state index in [-0.39, 0.29) is 5.91 Å². The Morgan fingerprint density at radius 1 is 1.33 bits per heavy atom. The standard InChI is InChI=1S/C19H19BrN6O/c1-4-25(17-7-5-15(20)11-22-17)18(27)8-6-16-12(2)24-19-14(9-21)10-23-26(19)13(16)3/h5,7,10-11H,4,6,8H2,1-3H3. The summed E-state index contributed by atoms with van der Waals surface area (Å²) in [5.74, 6) is 0.642. The number of aryl methyl sites for hydroxylation is 2. The summed E-state index contributed by atoms with van der Waals surface area (Å²) < 4.78 is 2.54. The molecule has 0 aromatic carbocycles. The predicted octanol–water partition coefficient (Wildman–Crippen LogP) is 3.36. The minimum atomic E-state index is 0.00407. The van der Waals surface area contributed by atoms with E-state index in [9.17, 15) is 4.79 Å². The van der Waals surface area contributed by atoms with Crippen molar-refractivity contribution in [1.29, 1.82) is 5.26 Å². The third kappa shape index (κ3) is 3.69. The number of aromatic nitrogens is 4. The van der Waals surface area contributed by atoms with Crippen LogP contribution < -0.4 is 4.90 Å². The second-order valence-corrected chi connectivity index (χ2v) is 7.05. The number of nitriles is 1. The fourth-order valence-corrected chi connectivity index (χ4v) is 3.35. The molecule has 0 aliphatic heterocycles. The number of amides is 1. The van der Waals surface area contributed by atoms with E-state index >= 15 is 0 Å². The normalized spacial score (nSPS) is 10.8. The molecule has 1 amide bonds. The van der Waals surface area contributed by atoms with Crippen LogP contribution in [0, 0.1) is 25.2 Å². The lowest BCUT2D eigenvalue weighted by Gasteiger charge is -2.20. The average Bonchev–Trinajstić information content (AvgIpc) is 3.06. The van der Waals surface area contributed by atoms with Crippen LogP contribution in [0.25, 0.3) is 5.65 Å². The van der Waals surface area contributed by atoms with Gasteiger partial charge >= 0.3 is 0 Å². The molecule has 27 heavy (non-hydrogen) atoms. The molecule has 0 bridgehead atoms. The number of fused-ring (bicyclic) bond motifs is 1. The molecule has 3 rings (SSSR count). The van der Waals surface area contributed by atoms with Gasteiger partial charge < -0.3 is 0 Å². The lowest BCUT2D eigenvalue weighted by molar-refractivity contribution is -0.118. The molecule has 0 N–H and O–H groups in total. The molecule has 8 heteroatoms.